The van der Waals surface area contributed by atoms with E-state index in [1.165, 1.54) is 13.1 Å². The zero-order chi connectivity index (χ0) is 14.7. The van der Waals surface area contributed by atoms with Crippen LogP contribution in [-0.2, 0) is 13.6 Å². The molecular formula is C13H17N3O4. The second kappa shape index (κ2) is 5.79. The summed E-state index contributed by atoms with van der Waals surface area (Å²) in [7, 11) is 1.40. The summed E-state index contributed by atoms with van der Waals surface area (Å²) in [5, 5.41) is 9.13. The molecule has 0 aliphatic heterocycles. The van der Waals surface area contributed by atoms with Crippen molar-refractivity contribution in [3.8, 4) is 0 Å². The molecule has 0 fully saturated rings. The van der Waals surface area contributed by atoms with E-state index < -0.39 is 11.2 Å². The van der Waals surface area contributed by atoms with Gasteiger partial charge in [0.25, 0.3) is 5.56 Å². The number of hydrogen-bond acceptors (Lipinski definition) is 5. The first-order valence-corrected chi connectivity index (χ1v) is 6.22. The average molecular weight is 279 g/mol. The highest BCUT2D eigenvalue weighted by atomic mass is 16.3. The molecule has 2 rings (SSSR count). The number of anilines is 1. The van der Waals surface area contributed by atoms with Gasteiger partial charge < -0.3 is 14.4 Å². The fraction of sp³-hybridized carbons (Fsp3) is 0.385. The van der Waals surface area contributed by atoms with Crippen LogP contribution in [0.4, 0.5) is 5.82 Å². The molecule has 2 aromatic rings. The van der Waals surface area contributed by atoms with Gasteiger partial charge in [-0.05, 0) is 19.1 Å². The average Bonchev–Trinajstić information content (AvgIpc) is 2.80. The first-order chi connectivity index (χ1) is 9.51. The summed E-state index contributed by atoms with van der Waals surface area (Å²) < 4.78 is 6.45. The molecule has 0 amide bonds. The Morgan fingerprint density at radius 3 is 2.70 bits per heavy atom. The Morgan fingerprint density at radius 1 is 1.40 bits per heavy atom. The number of hydrogen-bond donors (Lipinski definition) is 2. The van der Waals surface area contributed by atoms with Crippen LogP contribution >= 0.6 is 0 Å². The molecule has 2 N–H and O–H groups in total. The fourth-order valence-corrected chi connectivity index (χ4v) is 1.88. The molecule has 0 saturated heterocycles. The molecule has 0 aliphatic rings. The molecule has 0 radical (unpaired) electrons. The van der Waals surface area contributed by atoms with E-state index in [1.807, 2.05) is 19.1 Å². The number of aromatic amines is 1. The molecule has 0 aliphatic carbocycles. The summed E-state index contributed by atoms with van der Waals surface area (Å²) in [6, 6.07) is 4.98. The van der Waals surface area contributed by atoms with Gasteiger partial charge in [0.15, 0.2) is 0 Å². The van der Waals surface area contributed by atoms with Gasteiger partial charge >= 0.3 is 5.69 Å². The van der Waals surface area contributed by atoms with Crippen molar-refractivity contribution in [2.24, 2.45) is 7.05 Å². The monoisotopic (exact) mass is 279 g/mol. The second-order valence-electron chi connectivity index (χ2n) is 4.51. The van der Waals surface area contributed by atoms with E-state index in [-0.39, 0.29) is 13.2 Å². The molecule has 0 atom stereocenters. The SMILES string of the molecule is Cc1ccc(CN(CCO)c2cc(=O)n(C)c(=O)[nH]2)o1. The third-order valence-electron chi connectivity index (χ3n) is 2.98. The van der Waals surface area contributed by atoms with E-state index in [2.05, 4.69) is 4.98 Å². The maximum atomic E-state index is 11.7. The first kappa shape index (κ1) is 14.1. The van der Waals surface area contributed by atoms with E-state index in [4.69, 9.17) is 9.52 Å². The zero-order valence-corrected chi connectivity index (χ0v) is 11.4. The molecule has 0 spiro atoms. The quantitative estimate of drug-likeness (QED) is 0.802. The lowest BCUT2D eigenvalue weighted by Gasteiger charge is -2.22. The van der Waals surface area contributed by atoms with Crippen molar-refractivity contribution < 1.29 is 9.52 Å². The Hall–Kier alpha value is -2.28. The van der Waals surface area contributed by atoms with Gasteiger partial charge in [0.1, 0.15) is 17.3 Å². The Kier molecular flexibility index (Phi) is 4.09. The number of nitrogens with one attached hydrogen (secondary N) is 1. The summed E-state index contributed by atoms with van der Waals surface area (Å²) in [4.78, 5) is 27.6. The number of aromatic nitrogens is 2. The van der Waals surface area contributed by atoms with Crippen LogP contribution < -0.4 is 16.1 Å². The minimum absolute atomic E-state index is 0.100. The van der Waals surface area contributed by atoms with Crippen molar-refractivity contribution in [2.75, 3.05) is 18.1 Å². The number of aryl methyl sites for hydroxylation is 1. The van der Waals surface area contributed by atoms with Gasteiger partial charge in [0.05, 0.1) is 13.2 Å². The summed E-state index contributed by atoms with van der Waals surface area (Å²) in [6.45, 7) is 2.37. The van der Waals surface area contributed by atoms with Crippen molar-refractivity contribution in [2.45, 2.75) is 13.5 Å². The van der Waals surface area contributed by atoms with Crippen molar-refractivity contribution in [1.82, 2.24) is 9.55 Å². The Morgan fingerprint density at radius 2 is 2.15 bits per heavy atom. The highest BCUT2D eigenvalue weighted by Crippen LogP contribution is 2.13. The summed E-state index contributed by atoms with van der Waals surface area (Å²) in [6.07, 6.45) is 0. The Bertz CT molecular complexity index is 667. The van der Waals surface area contributed by atoms with Crippen LogP contribution in [0.25, 0.3) is 0 Å². The normalized spacial score (nSPS) is 10.8. The molecule has 7 heteroatoms. The Balaban J connectivity index is 2.33. The van der Waals surface area contributed by atoms with Crippen LogP contribution in [0.3, 0.4) is 0 Å². The molecule has 0 bridgehead atoms. The lowest BCUT2D eigenvalue weighted by Crippen LogP contribution is -2.36. The molecule has 0 aromatic carbocycles. The fourth-order valence-electron chi connectivity index (χ4n) is 1.88. The maximum Gasteiger partial charge on any atom is 0.329 e. The maximum absolute atomic E-state index is 11.7. The molecule has 2 heterocycles. The summed E-state index contributed by atoms with van der Waals surface area (Å²) >= 11 is 0. The van der Waals surface area contributed by atoms with Gasteiger partial charge in [0, 0.05) is 19.7 Å². The zero-order valence-electron chi connectivity index (χ0n) is 11.4. The summed E-state index contributed by atoms with van der Waals surface area (Å²) in [5.41, 5.74) is -0.895. The molecule has 0 unspecified atom stereocenters. The largest absolute Gasteiger partial charge is 0.464 e. The van der Waals surface area contributed by atoms with Gasteiger partial charge in [-0.1, -0.05) is 0 Å². The minimum atomic E-state index is -0.494. The molecule has 0 saturated carbocycles. The second-order valence-corrected chi connectivity index (χ2v) is 4.51. The smallest absolute Gasteiger partial charge is 0.329 e. The molecular weight excluding hydrogens is 262 g/mol. The summed E-state index contributed by atoms with van der Waals surface area (Å²) in [5.74, 6) is 1.83. The molecule has 20 heavy (non-hydrogen) atoms. The third-order valence-corrected chi connectivity index (χ3v) is 2.98. The standard InChI is InChI=1S/C13H17N3O4/c1-9-3-4-10(20-9)8-16(5-6-17)11-7-12(18)15(2)13(19)14-11/h3-4,7,17H,5-6,8H2,1-2H3,(H,14,19). The van der Waals surface area contributed by atoms with Crippen LogP contribution in [0.1, 0.15) is 11.5 Å². The van der Waals surface area contributed by atoms with E-state index in [0.29, 0.717) is 18.1 Å². The Labute approximate surface area is 115 Å². The highest BCUT2D eigenvalue weighted by Gasteiger charge is 2.12. The van der Waals surface area contributed by atoms with E-state index in [0.717, 1.165) is 10.3 Å². The van der Waals surface area contributed by atoms with Crippen molar-refractivity contribution >= 4 is 5.82 Å². The van der Waals surface area contributed by atoms with Crippen molar-refractivity contribution in [1.29, 1.82) is 0 Å². The van der Waals surface area contributed by atoms with Crippen molar-refractivity contribution in [3.05, 3.63) is 50.6 Å². The van der Waals surface area contributed by atoms with E-state index in [1.54, 1.807) is 4.90 Å². The predicted octanol–water partition coefficient (Wildman–Crippen LogP) is -0.0261. The van der Waals surface area contributed by atoms with Crippen LogP contribution in [0, 0.1) is 6.92 Å². The van der Waals surface area contributed by atoms with Gasteiger partial charge in [-0.25, -0.2) is 4.79 Å². The van der Waals surface area contributed by atoms with Gasteiger partial charge in [-0.15, -0.1) is 0 Å². The van der Waals surface area contributed by atoms with Gasteiger partial charge in [-0.2, -0.15) is 0 Å². The first-order valence-electron chi connectivity index (χ1n) is 6.22. The van der Waals surface area contributed by atoms with Crippen LogP contribution in [0.2, 0.25) is 0 Å². The number of nitrogens with zero attached hydrogens (tertiary/aromatic N) is 2. The lowest BCUT2D eigenvalue weighted by molar-refractivity contribution is 0.299. The van der Waals surface area contributed by atoms with Crippen molar-refractivity contribution in [3.63, 3.8) is 0 Å². The highest BCUT2D eigenvalue weighted by molar-refractivity contribution is 5.37. The number of furan rings is 1. The lowest BCUT2D eigenvalue weighted by atomic mass is 10.3. The van der Waals surface area contributed by atoms with E-state index in [9.17, 15) is 9.59 Å². The molecule has 108 valence electrons. The number of rotatable bonds is 5. The van der Waals surface area contributed by atoms with Crippen LogP contribution in [-0.4, -0.2) is 27.8 Å². The predicted molar refractivity (Wildman–Crippen MR) is 73.9 cm³/mol. The van der Waals surface area contributed by atoms with Gasteiger partial charge in [-0.3, -0.25) is 14.3 Å². The number of aliphatic hydroxyl groups excluding tert-OH is 1. The van der Waals surface area contributed by atoms with E-state index >= 15 is 0 Å². The van der Waals surface area contributed by atoms with Crippen LogP contribution in [0.5, 0.6) is 0 Å². The molecule has 2 aromatic heterocycles. The number of H-pyrrole nitrogens is 1. The number of aliphatic hydroxyl groups is 1. The molecule has 7 nitrogen and oxygen atoms in total. The minimum Gasteiger partial charge on any atom is -0.464 e. The topological polar surface area (TPSA) is 91.5 Å². The van der Waals surface area contributed by atoms with Crippen LogP contribution in [0.15, 0.2) is 32.2 Å². The van der Waals surface area contributed by atoms with Gasteiger partial charge in [0.2, 0.25) is 0 Å². The third kappa shape index (κ3) is 3.00.